The molecule has 2 aliphatic rings. The Morgan fingerprint density at radius 3 is 2.65 bits per heavy atom. The number of fused-ring (bicyclic) bond motifs is 1. The van der Waals surface area contributed by atoms with Gasteiger partial charge in [0.25, 0.3) is 0 Å². The van der Waals surface area contributed by atoms with Gasteiger partial charge in [0.1, 0.15) is 5.75 Å². The highest BCUT2D eigenvalue weighted by molar-refractivity contribution is 5.86. The molecule has 186 valence electrons. The monoisotopic (exact) mass is 468 g/mol. The first-order valence-corrected chi connectivity index (χ1v) is 13.1. The first-order chi connectivity index (χ1) is 16.6. The number of nitrogens with zero attached hydrogens (tertiary/aromatic N) is 1. The van der Waals surface area contributed by atoms with Gasteiger partial charge in [-0.1, -0.05) is 25.5 Å². The van der Waals surface area contributed by atoms with Gasteiger partial charge in [-0.05, 0) is 69.9 Å². The van der Waals surface area contributed by atoms with Crippen LogP contribution in [-0.2, 0) is 20.9 Å². The average molecular weight is 469 g/mol. The predicted octanol–water partition coefficient (Wildman–Crippen LogP) is 5.48. The van der Waals surface area contributed by atoms with Crippen molar-refractivity contribution in [3.8, 4) is 5.75 Å². The topological polar surface area (TPSA) is 69.7 Å². The van der Waals surface area contributed by atoms with Crippen LogP contribution in [0.2, 0.25) is 0 Å². The van der Waals surface area contributed by atoms with Crippen LogP contribution in [0.3, 0.4) is 0 Å². The number of ether oxygens (including phenoxy) is 3. The Kier molecular flexibility index (Phi) is 9.17. The van der Waals surface area contributed by atoms with Gasteiger partial charge >= 0.3 is 0 Å². The van der Waals surface area contributed by atoms with Crippen molar-refractivity contribution in [2.75, 3.05) is 19.8 Å². The molecule has 1 amide bonds. The van der Waals surface area contributed by atoms with Gasteiger partial charge in [-0.3, -0.25) is 4.79 Å². The highest BCUT2D eigenvalue weighted by Gasteiger charge is 2.25. The zero-order valence-corrected chi connectivity index (χ0v) is 20.8. The second-order valence-electron chi connectivity index (χ2n) is 9.84. The predicted molar refractivity (Wildman–Crippen MR) is 134 cm³/mol. The molecule has 4 rings (SSSR count). The van der Waals surface area contributed by atoms with Crippen LogP contribution in [0.5, 0.6) is 5.75 Å². The molecule has 6 heteroatoms. The molecule has 6 nitrogen and oxygen atoms in total. The normalized spacial score (nSPS) is 21.5. The van der Waals surface area contributed by atoms with Crippen molar-refractivity contribution < 1.29 is 19.0 Å². The maximum absolute atomic E-state index is 12.4. The summed E-state index contributed by atoms with van der Waals surface area (Å²) in [6.07, 6.45) is 8.87. The van der Waals surface area contributed by atoms with Gasteiger partial charge in [-0.15, -0.1) is 0 Å². The van der Waals surface area contributed by atoms with Gasteiger partial charge in [0.05, 0.1) is 30.5 Å². The van der Waals surface area contributed by atoms with Gasteiger partial charge in [0.15, 0.2) is 0 Å². The fourth-order valence-electron chi connectivity index (χ4n) is 5.04. The van der Waals surface area contributed by atoms with E-state index in [1.165, 1.54) is 0 Å². The third-order valence-electron chi connectivity index (χ3n) is 7.23. The molecule has 0 radical (unpaired) electrons. The summed E-state index contributed by atoms with van der Waals surface area (Å²) in [7, 11) is 0. The molecule has 1 aromatic heterocycles. The molecule has 1 aliphatic carbocycles. The van der Waals surface area contributed by atoms with Crippen molar-refractivity contribution in [2.24, 2.45) is 5.92 Å². The minimum absolute atomic E-state index is 0.197. The van der Waals surface area contributed by atoms with Crippen molar-refractivity contribution >= 4 is 16.8 Å². The zero-order chi connectivity index (χ0) is 23.8. The number of carbonyl (C=O) groups is 1. The van der Waals surface area contributed by atoms with E-state index < -0.39 is 0 Å². The van der Waals surface area contributed by atoms with E-state index in [0.717, 1.165) is 99.1 Å². The molecular weight excluding hydrogens is 428 g/mol. The lowest BCUT2D eigenvalue weighted by Crippen LogP contribution is -2.40. The maximum atomic E-state index is 12.4. The number of amides is 1. The molecule has 1 N–H and O–H groups in total. The molecule has 1 aromatic carbocycles. The Balaban J connectivity index is 1.28. The van der Waals surface area contributed by atoms with E-state index in [-0.39, 0.29) is 18.1 Å². The van der Waals surface area contributed by atoms with Crippen LogP contribution in [0.1, 0.15) is 76.0 Å². The van der Waals surface area contributed by atoms with Gasteiger partial charge in [0.2, 0.25) is 5.91 Å². The Hall–Kier alpha value is -2.18. The maximum Gasteiger partial charge on any atom is 0.220 e. The van der Waals surface area contributed by atoms with Crippen LogP contribution in [0.25, 0.3) is 10.9 Å². The second kappa shape index (κ2) is 12.5. The van der Waals surface area contributed by atoms with E-state index >= 15 is 0 Å². The van der Waals surface area contributed by atoms with E-state index in [2.05, 4.69) is 25.2 Å². The summed E-state index contributed by atoms with van der Waals surface area (Å²) in [6, 6.07) is 8.44. The SMILES string of the molecule is CCCCOc1c(C)c(CO[C@H]2CC[C@H](NC(=O)CC3CCOCC3)CC2)nc2ccccc12. The fourth-order valence-corrected chi connectivity index (χ4v) is 5.04. The Morgan fingerprint density at radius 1 is 1.12 bits per heavy atom. The molecule has 2 aromatic rings. The summed E-state index contributed by atoms with van der Waals surface area (Å²) < 4.78 is 17.9. The van der Waals surface area contributed by atoms with E-state index in [1.54, 1.807) is 0 Å². The Bertz CT molecular complexity index is 933. The number of aromatic nitrogens is 1. The van der Waals surface area contributed by atoms with Gasteiger partial charge in [-0.25, -0.2) is 4.98 Å². The number of rotatable bonds is 10. The molecule has 1 saturated heterocycles. The van der Waals surface area contributed by atoms with E-state index in [4.69, 9.17) is 19.2 Å². The third kappa shape index (κ3) is 6.70. The van der Waals surface area contributed by atoms with Crippen LogP contribution >= 0.6 is 0 Å². The van der Waals surface area contributed by atoms with E-state index in [1.807, 2.05) is 18.2 Å². The summed E-state index contributed by atoms with van der Waals surface area (Å²) >= 11 is 0. The van der Waals surface area contributed by atoms with Gasteiger partial charge in [0, 0.05) is 36.6 Å². The van der Waals surface area contributed by atoms with Crippen LogP contribution < -0.4 is 10.1 Å². The molecule has 0 spiro atoms. The number of hydrogen-bond acceptors (Lipinski definition) is 5. The largest absolute Gasteiger partial charge is 0.493 e. The van der Waals surface area contributed by atoms with Crippen molar-refractivity contribution in [3.05, 3.63) is 35.5 Å². The number of pyridine rings is 1. The summed E-state index contributed by atoms with van der Waals surface area (Å²) in [6.45, 7) is 7.05. The summed E-state index contributed by atoms with van der Waals surface area (Å²) in [5.74, 6) is 1.61. The second-order valence-corrected chi connectivity index (χ2v) is 9.84. The van der Waals surface area contributed by atoms with Crippen molar-refractivity contribution in [3.63, 3.8) is 0 Å². The van der Waals surface area contributed by atoms with Crippen molar-refractivity contribution in [1.82, 2.24) is 10.3 Å². The van der Waals surface area contributed by atoms with Crippen molar-refractivity contribution in [2.45, 2.75) is 90.4 Å². The van der Waals surface area contributed by atoms with E-state index in [9.17, 15) is 4.79 Å². The number of benzene rings is 1. The molecule has 2 fully saturated rings. The molecular formula is C28H40N2O4. The quantitative estimate of drug-likeness (QED) is 0.468. The standard InChI is InChI=1S/C28H40N2O4/c1-3-4-15-33-28-20(2)26(30-25-8-6-5-7-24(25)28)19-34-23-11-9-22(10-12-23)29-27(31)18-21-13-16-32-17-14-21/h5-8,21-23H,3-4,9-19H2,1-2H3,(H,29,31)/t22-,23-. The zero-order valence-electron chi connectivity index (χ0n) is 20.8. The Labute approximate surface area is 203 Å². The van der Waals surface area contributed by atoms with Crippen LogP contribution in [0.15, 0.2) is 24.3 Å². The molecule has 0 bridgehead atoms. The average Bonchev–Trinajstić information content (AvgIpc) is 2.86. The number of carbonyl (C=O) groups excluding carboxylic acids is 1. The first kappa shape index (κ1) is 24.9. The highest BCUT2D eigenvalue weighted by Crippen LogP contribution is 2.32. The van der Waals surface area contributed by atoms with Crippen molar-refractivity contribution in [1.29, 1.82) is 0 Å². The molecule has 2 heterocycles. The molecule has 34 heavy (non-hydrogen) atoms. The minimum atomic E-state index is 0.197. The van der Waals surface area contributed by atoms with Crippen LogP contribution in [0, 0.1) is 12.8 Å². The molecule has 1 aliphatic heterocycles. The highest BCUT2D eigenvalue weighted by atomic mass is 16.5. The smallest absolute Gasteiger partial charge is 0.220 e. The third-order valence-corrected chi connectivity index (χ3v) is 7.23. The molecule has 1 saturated carbocycles. The lowest BCUT2D eigenvalue weighted by Gasteiger charge is -2.30. The van der Waals surface area contributed by atoms with Crippen LogP contribution in [0.4, 0.5) is 0 Å². The van der Waals surface area contributed by atoms with Crippen LogP contribution in [-0.4, -0.2) is 42.9 Å². The fraction of sp³-hybridized carbons (Fsp3) is 0.643. The van der Waals surface area contributed by atoms with Gasteiger partial charge < -0.3 is 19.5 Å². The van der Waals surface area contributed by atoms with Gasteiger partial charge in [-0.2, -0.15) is 0 Å². The number of unbranched alkanes of at least 4 members (excludes halogenated alkanes) is 1. The molecule has 0 unspecified atom stereocenters. The lowest BCUT2D eigenvalue weighted by atomic mass is 9.92. The molecule has 0 atom stereocenters. The Morgan fingerprint density at radius 2 is 1.88 bits per heavy atom. The first-order valence-electron chi connectivity index (χ1n) is 13.1. The summed E-state index contributed by atoms with van der Waals surface area (Å²) in [5, 5.41) is 4.32. The summed E-state index contributed by atoms with van der Waals surface area (Å²) in [4.78, 5) is 17.3. The number of hydrogen-bond donors (Lipinski definition) is 1. The number of nitrogens with one attached hydrogen (secondary N) is 1. The minimum Gasteiger partial charge on any atom is -0.493 e. The van der Waals surface area contributed by atoms with E-state index in [0.29, 0.717) is 18.9 Å². The lowest BCUT2D eigenvalue weighted by molar-refractivity contribution is -0.123. The summed E-state index contributed by atoms with van der Waals surface area (Å²) in [5.41, 5.74) is 2.98. The number of para-hydroxylation sites is 1.